The van der Waals surface area contributed by atoms with E-state index in [2.05, 4.69) is 19.9 Å². The van der Waals surface area contributed by atoms with Crippen LogP contribution in [0.25, 0.3) is 0 Å². The Bertz CT molecular complexity index is 180. The van der Waals surface area contributed by atoms with Crippen molar-refractivity contribution in [3.05, 3.63) is 0 Å². The van der Waals surface area contributed by atoms with Crippen LogP contribution in [0, 0.1) is 22.7 Å². The van der Waals surface area contributed by atoms with Crippen molar-refractivity contribution in [1.29, 1.82) is 5.26 Å². The van der Waals surface area contributed by atoms with Crippen molar-refractivity contribution in [2.75, 3.05) is 0 Å². The molecule has 1 rings (SSSR count). The number of nitrogens with zero attached hydrogens (tertiary/aromatic N) is 1. The maximum absolute atomic E-state index is 9.29. The molecule has 62 valence electrons. The molecule has 1 fully saturated rings. The van der Waals surface area contributed by atoms with Crippen LogP contribution in [0.3, 0.4) is 0 Å². The summed E-state index contributed by atoms with van der Waals surface area (Å²) in [5, 5.41) is 18.1. The molecule has 2 nitrogen and oxygen atoms in total. The fraction of sp³-hybridized carbons (Fsp3) is 0.889. The molecule has 1 N–H and O–H groups in total. The lowest BCUT2D eigenvalue weighted by molar-refractivity contribution is 0.0513. The van der Waals surface area contributed by atoms with Gasteiger partial charge in [0.2, 0.25) is 0 Å². The number of aliphatic hydroxyl groups excluding tert-OH is 1. The van der Waals surface area contributed by atoms with Gasteiger partial charge in [0.05, 0.1) is 18.1 Å². The summed E-state index contributed by atoms with van der Waals surface area (Å²) >= 11 is 0. The molecular formula is C9H15NO. The van der Waals surface area contributed by atoms with E-state index in [1.165, 1.54) is 0 Å². The lowest BCUT2D eigenvalue weighted by Gasteiger charge is -2.36. The van der Waals surface area contributed by atoms with Crippen LogP contribution in [0.5, 0.6) is 0 Å². The molecule has 0 aliphatic heterocycles. The molecule has 1 saturated carbocycles. The summed E-state index contributed by atoms with van der Waals surface area (Å²) in [5.74, 6) is 0.0336. The van der Waals surface area contributed by atoms with Gasteiger partial charge in [0.1, 0.15) is 0 Å². The lowest BCUT2D eigenvalue weighted by Crippen LogP contribution is -2.33. The molecule has 2 heteroatoms. The van der Waals surface area contributed by atoms with Crippen LogP contribution in [0.4, 0.5) is 0 Å². The molecule has 2 unspecified atom stereocenters. The fourth-order valence-corrected chi connectivity index (χ4v) is 1.65. The topological polar surface area (TPSA) is 44.0 Å². The van der Waals surface area contributed by atoms with Crippen molar-refractivity contribution >= 4 is 0 Å². The lowest BCUT2D eigenvalue weighted by atomic mass is 9.69. The van der Waals surface area contributed by atoms with Crippen molar-refractivity contribution in [3.8, 4) is 6.07 Å². The van der Waals surface area contributed by atoms with Crippen molar-refractivity contribution < 1.29 is 5.11 Å². The van der Waals surface area contributed by atoms with Crippen molar-refractivity contribution in [2.24, 2.45) is 11.3 Å². The van der Waals surface area contributed by atoms with Crippen LogP contribution >= 0.6 is 0 Å². The van der Waals surface area contributed by atoms with E-state index in [1.807, 2.05) is 0 Å². The predicted octanol–water partition coefficient (Wildman–Crippen LogP) is 1.70. The maximum atomic E-state index is 9.29. The highest BCUT2D eigenvalue weighted by atomic mass is 16.3. The molecule has 0 radical (unpaired) electrons. The summed E-state index contributed by atoms with van der Waals surface area (Å²) in [6.07, 6.45) is 2.23. The number of nitriles is 1. The molecule has 0 aromatic carbocycles. The zero-order valence-electron chi connectivity index (χ0n) is 7.17. The van der Waals surface area contributed by atoms with E-state index in [0.29, 0.717) is 6.42 Å². The first-order valence-electron chi connectivity index (χ1n) is 4.14. The highest BCUT2D eigenvalue weighted by molar-refractivity contribution is 4.97. The first-order chi connectivity index (χ1) is 5.06. The van der Waals surface area contributed by atoms with Crippen LogP contribution in [-0.2, 0) is 0 Å². The minimum Gasteiger partial charge on any atom is -0.393 e. The van der Waals surface area contributed by atoms with Gasteiger partial charge in [0.15, 0.2) is 0 Å². The fourth-order valence-electron chi connectivity index (χ4n) is 1.65. The molecule has 0 bridgehead atoms. The van der Waals surface area contributed by atoms with Crippen molar-refractivity contribution in [3.63, 3.8) is 0 Å². The molecule has 0 spiro atoms. The molecule has 2 atom stereocenters. The third-order valence-electron chi connectivity index (χ3n) is 2.73. The highest BCUT2D eigenvalue weighted by Crippen LogP contribution is 2.39. The Hall–Kier alpha value is -0.550. The van der Waals surface area contributed by atoms with E-state index in [-0.39, 0.29) is 17.4 Å². The highest BCUT2D eigenvalue weighted by Gasteiger charge is 2.35. The quantitative estimate of drug-likeness (QED) is 0.575. The Kier molecular flexibility index (Phi) is 2.20. The van der Waals surface area contributed by atoms with Gasteiger partial charge >= 0.3 is 0 Å². The molecule has 1 aliphatic carbocycles. The van der Waals surface area contributed by atoms with Gasteiger partial charge in [-0.1, -0.05) is 13.8 Å². The SMILES string of the molecule is CC1(C)CCC(O)CC1C#N. The van der Waals surface area contributed by atoms with Crippen LogP contribution in [0.2, 0.25) is 0 Å². The second kappa shape index (κ2) is 2.83. The first kappa shape index (κ1) is 8.55. The third-order valence-corrected chi connectivity index (χ3v) is 2.73. The Balaban J connectivity index is 2.65. The van der Waals surface area contributed by atoms with Gasteiger partial charge in [0, 0.05) is 0 Å². The number of aliphatic hydroxyl groups is 1. The van der Waals surface area contributed by atoms with Crippen molar-refractivity contribution in [1.82, 2.24) is 0 Å². The first-order valence-corrected chi connectivity index (χ1v) is 4.14. The van der Waals surface area contributed by atoms with Crippen LogP contribution < -0.4 is 0 Å². The third kappa shape index (κ3) is 1.72. The van der Waals surface area contributed by atoms with Crippen LogP contribution in [0.15, 0.2) is 0 Å². The summed E-state index contributed by atoms with van der Waals surface area (Å²) in [6.45, 7) is 4.21. The van der Waals surface area contributed by atoms with Crippen molar-refractivity contribution in [2.45, 2.75) is 39.2 Å². The average molecular weight is 153 g/mol. The van der Waals surface area contributed by atoms with Gasteiger partial charge in [0.25, 0.3) is 0 Å². The second-order valence-electron chi connectivity index (χ2n) is 4.10. The normalized spacial score (nSPS) is 36.2. The summed E-state index contributed by atoms with van der Waals surface area (Å²) < 4.78 is 0. The molecule has 0 saturated heterocycles. The van der Waals surface area contributed by atoms with E-state index in [1.54, 1.807) is 0 Å². The summed E-state index contributed by atoms with van der Waals surface area (Å²) in [4.78, 5) is 0. The monoisotopic (exact) mass is 153 g/mol. The van der Waals surface area contributed by atoms with E-state index in [0.717, 1.165) is 12.8 Å². The maximum Gasteiger partial charge on any atom is 0.0662 e. The van der Waals surface area contributed by atoms with Gasteiger partial charge in [-0.15, -0.1) is 0 Å². The van der Waals surface area contributed by atoms with Crippen LogP contribution in [0.1, 0.15) is 33.1 Å². The zero-order chi connectivity index (χ0) is 8.48. The molecule has 11 heavy (non-hydrogen) atoms. The average Bonchev–Trinajstić information content (AvgIpc) is 1.94. The minimum absolute atomic E-state index is 0.0336. The largest absolute Gasteiger partial charge is 0.393 e. The van der Waals surface area contributed by atoms with E-state index < -0.39 is 0 Å². The summed E-state index contributed by atoms with van der Waals surface area (Å²) in [7, 11) is 0. The van der Waals surface area contributed by atoms with Gasteiger partial charge in [-0.05, 0) is 24.7 Å². The molecule has 0 aromatic heterocycles. The summed E-state index contributed by atoms with van der Waals surface area (Å²) in [5.41, 5.74) is 0.105. The van der Waals surface area contributed by atoms with Crippen LogP contribution in [-0.4, -0.2) is 11.2 Å². The number of hydrogen-bond acceptors (Lipinski definition) is 2. The molecule has 1 aliphatic rings. The van der Waals surface area contributed by atoms with Gasteiger partial charge in [-0.3, -0.25) is 0 Å². The molecular weight excluding hydrogens is 138 g/mol. The van der Waals surface area contributed by atoms with Gasteiger partial charge < -0.3 is 5.11 Å². The number of hydrogen-bond donors (Lipinski definition) is 1. The molecule has 0 heterocycles. The standard InChI is InChI=1S/C9H15NO/c1-9(2)4-3-8(11)5-7(9)6-10/h7-8,11H,3-5H2,1-2H3. The van der Waals surface area contributed by atoms with E-state index >= 15 is 0 Å². The number of rotatable bonds is 0. The van der Waals surface area contributed by atoms with Gasteiger partial charge in [-0.25, -0.2) is 0 Å². The molecule has 0 amide bonds. The Labute approximate surface area is 67.8 Å². The van der Waals surface area contributed by atoms with Gasteiger partial charge in [-0.2, -0.15) is 5.26 Å². The minimum atomic E-state index is -0.243. The second-order valence-corrected chi connectivity index (χ2v) is 4.10. The zero-order valence-corrected chi connectivity index (χ0v) is 7.17. The Morgan fingerprint density at radius 2 is 2.18 bits per heavy atom. The molecule has 0 aromatic rings. The van der Waals surface area contributed by atoms with E-state index in [9.17, 15) is 5.11 Å². The van der Waals surface area contributed by atoms with E-state index in [4.69, 9.17) is 5.26 Å². The predicted molar refractivity (Wildman–Crippen MR) is 42.7 cm³/mol. The Morgan fingerprint density at radius 3 is 2.64 bits per heavy atom. The summed E-state index contributed by atoms with van der Waals surface area (Å²) in [6, 6.07) is 2.26. The Morgan fingerprint density at radius 1 is 1.55 bits per heavy atom. The smallest absolute Gasteiger partial charge is 0.0662 e.